The fourth-order valence-electron chi connectivity index (χ4n) is 4.91. The lowest BCUT2D eigenvalue weighted by atomic mass is 10.1. The van der Waals surface area contributed by atoms with E-state index in [1.807, 2.05) is 60.3 Å². The van der Waals surface area contributed by atoms with E-state index >= 15 is 0 Å². The van der Waals surface area contributed by atoms with Crippen molar-refractivity contribution in [2.75, 3.05) is 19.0 Å². The SMILES string of the molecule is CCCCCCCCCCOc1cc(/C=C/C(=O)c2ccc(SCCC)cc2)cc(OCCCCCCCCCC)c1. The summed E-state index contributed by atoms with van der Waals surface area (Å²) in [6, 6.07) is 14.0. The number of unbranched alkanes of at least 4 members (excludes halogenated alkanes) is 14. The highest BCUT2D eigenvalue weighted by molar-refractivity contribution is 7.99. The second-order valence-electron chi connectivity index (χ2n) is 11.5. The van der Waals surface area contributed by atoms with Crippen molar-refractivity contribution < 1.29 is 14.3 Å². The summed E-state index contributed by atoms with van der Waals surface area (Å²) in [5.74, 6) is 2.73. The molecule has 0 N–H and O–H groups in total. The van der Waals surface area contributed by atoms with Crippen LogP contribution in [0, 0.1) is 0 Å². The van der Waals surface area contributed by atoms with Crippen LogP contribution < -0.4 is 9.47 Å². The summed E-state index contributed by atoms with van der Waals surface area (Å²) in [5.41, 5.74) is 1.64. The van der Waals surface area contributed by atoms with Crippen molar-refractivity contribution in [3.63, 3.8) is 0 Å². The van der Waals surface area contributed by atoms with Crippen molar-refractivity contribution in [2.24, 2.45) is 0 Å². The first-order valence-corrected chi connectivity index (χ1v) is 18.0. The second kappa shape index (κ2) is 24.3. The standard InChI is InChI=1S/C38H58O3S/c1-4-7-9-11-13-15-17-19-27-40-35-30-33(21-26-38(39)34-22-24-37(25-23-34)42-29-6-3)31-36(32-35)41-28-20-18-16-14-12-10-8-5-2/h21-26,30-32H,4-20,27-29H2,1-3H3/b26-21+. The van der Waals surface area contributed by atoms with Gasteiger partial charge in [-0.1, -0.05) is 117 Å². The van der Waals surface area contributed by atoms with Crippen LogP contribution in [-0.2, 0) is 0 Å². The second-order valence-corrected chi connectivity index (χ2v) is 12.6. The first-order chi connectivity index (χ1) is 20.7. The molecular formula is C38H58O3S. The summed E-state index contributed by atoms with van der Waals surface area (Å²) in [5, 5.41) is 0. The van der Waals surface area contributed by atoms with Crippen molar-refractivity contribution in [2.45, 2.75) is 135 Å². The summed E-state index contributed by atoms with van der Waals surface area (Å²) < 4.78 is 12.3. The molecule has 42 heavy (non-hydrogen) atoms. The molecule has 0 unspecified atom stereocenters. The molecule has 0 heterocycles. The summed E-state index contributed by atoms with van der Waals surface area (Å²) in [4.78, 5) is 14.1. The van der Waals surface area contributed by atoms with Gasteiger partial charge in [0.15, 0.2) is 5.78 Å². The first kappa shape index (κ1) is 36.0. The molecule has 0 aromatic heterocycles. The van der Waals surface area contributed by atoms with Crippen LogP contribution in [0.4, 0.5) is 0 Å². The number of carbonyl (C=O) groups excluding carboxylic acids is 1. The highest BCUT2D eigenvalue weighted by atomic mass is 32.2. The lowest BCUT2D eigenvalue weighted by Gasteiger charge is -2.12. The minimum atomic E-state index is 0.00806. The fourth-order valence-corrected chi connectivity index (χ4v) is 5.68. The lowest BCUT2D eigenvalue weighted by Crippen LogP contribution is -2.01. The van der Waals surface area contributed by atoms with Crippen molar-refractivity contribution in [3.8, 4) is 11.5 Å². The topological polar surface area (TPSA) is 35.5 Å². The summed E-state index contributed by atoms with van der Waals surface area (Å²) in [6.07, 6.45) is 25.2. The molecule has 2 rings (SSSR count). The monoisotopic (exact) mass is 594 g/mol. The van der Waals surface area contributed by atoms with Gasteiger partial charge in [-0.3, -0.25) is 4.79 Å². The maximum Gasteiger partial charge on any atom is 0.185 e. The molecule has 0 radical (unpaired) electrons. The van der Waals surface area contributed by atoms with Gasteiger partial charge in [-0.2, -0.15) is 0 Å². The molecule has 3 nitrogen and oxygen atoms in total. The third kappa shape index (κ3) is 17.0. The molecule has 0 fully saturated rings. The van der Waals surface area contributed by atoms with Crippen molar-refractivity contribution in [3.05, 3.63) is 59.7 Å². The number of hydrogen-bond acceptors (Lipinski definition) is 4. The highest BCUT2D eigenvalue weighted by Crippen LogP contribution is 2.25. The van der Waals surface area contributed by atoms with Gasteiger partial charge < -0.3 is 9.47 Å². The molecule has 0 saturated heterocycles. The van der Waals surface area contributed by atoms with Crippen LogP contribution in [0.5, 0.6) is 11.5 Å². The molecule has 234 valence electrons. The zero-order chi connectivity index (χ0) is 30.1. The predicted octanol–water partition coefficient (Wildman–Crippen LogP) is 12.1. The molecule has 0 saturated carbocycles. The molecule has 0 atom stereocenters. The van der Waals surface area contributed by atoms with Gasteiger partial charge >= 0.3 is 0 Å². The number of carbonyl (C=O) groups is 1. The Kier molecular flexibility index (Phi) is 20.8. The Labute approximate surface area is 262 Å². The van der Waals surface area contributed by atoms with Crippen LogP contribution in [0.25, 0.3) is 6.08 Å². The van der Waals surface area contributed by atoms with E-state index in [0.29, 0.717) is 18.8 Å². The molecule has 0 amide bonds. The maximum absolute atomic E-state index is 12.9. The molecule has 0 spiro atoms. The van der Waals surface area contributed by atoms with Crippen molar-refractivity contribution in [1.29, 1.82) is 0 Å². The number of ketones is 1. The van der Waals surface area contributed by atoms with Crippen LogP contribution in [-0.4, -0.2) is 24.7 Å². The summed E-state index contributed by atoms with van der Waals surface area (Å²) in [6.45, 7) is 8.12. The molecule has 0 aliphatic carbocycles. The Morgan fingerprint density at radius 3 is 1.57 bits per heavy atom. The number of thioether (sulfide) groups is 1. The normalized spacial score (nSPS) is 11.3. The summed E-state index contributed by atoms with van der Waals surface area (Å²) >= 11 is 1.83. The zero-order valence-electron chi connectivity index (χ0n) is 27.0. The fraction of sp³-hybridized carbons (Fsp3) is 0.605. The molecule has 2 aromatic carbocycles. The Morgan fingerprint density at radius 1 is 0.619 bits per heavy atom. The number of hydrogen-bond donors (Lipinski definition) is 0. The van der Waals surface area contributed by atoms with E-state index in [2.05, 4.69) is 20.8 Å². The Balaban J connectivity index is 1.91. The number of allylic oxidation sites excluding steroid dienone is 1. The number of rotatable bonds is 26. The van der Waals surface area contributed by atoms with Gasteiger partial charge in [-0.25, -0.2) is 0 Å². The molecular weight excluding hydrogens is 536 g/mol. The Hall–Kier alpha value is -2.20. The van der Waals surface area contributed by atoms with E-state index in [1.54, 1.807) is 6.08 Å². The van der Waals surface area contributed by atoms with Gasteiger partial charge in [0.25, 0.3) is 0 Å². The quantitative estimate of drug-likeness (QED) is 0.0470. The third-order valence-electron chi connectivity index (χ3n) is 7.47. The molecule has 0 bridgehead atoms. The van der Waals surface area contributed by atoms with E-state index in [1.165, 1.54) is 94.8 Å². The largest absolute Gasteiger partial charge is 0.493 e. The van der Waals surface area contributed by atoms with Crippen LogP contribution in [0.1, 0.15) is 146 Å². The first-order valence-electron chi connectivity index (χ1n) is 17.0. The van der Waals surface area contributed by atoms with Gasteiger partial charge in [0.1, 0.15) is 11.5 Å². The van der Waals surface area contributed by atoms with E-state index in [9.17, 15) is 4.79 Å². The predicted molar refractivity (Wildman–Crippen MR) is 183 cm³/mol. The van der Waals surface area contributed by atoms with Crippen LogP contribution in [0.3, 0.4) is 0 Å². The van der Waals surface area contributed by atoms with E-state index < -0.39 is 0 Å². The molecule has 0 aliphatic heterocycles. The highest BCUT2D eigenvalue weighted by Gasteiger charge is 2.06. The van der Waals surface area contributed by atoms with Crippen molar-refractivity contribution in [1.82, 2.24) is 0 Å². The van der Waals surface area contributed by atoms with Gasteiger partial charge in [-0.05, 0) is 73.1 Å². The van der Waals surface area contributed by atoms with Crippen LogP contribution >= 0.6 is 11.8 Å². The van der Waals surface area contributed by atoms with Crippen LogP contribution in [0.2, 0.25) is 0 Å². The van der Waals surface area contributed by atoms with Crippen LogP contribution in [0.15, 0.2) is 53.4 Å². The van der Waals surface area contributed by atoms with E-state index in [-0.39, 0.29) is 5.78 Å². The van der Waals surface area contributed by atoms with E-state index in [4.69, 9.17) is 9.47 Å². The lowest BCUT2D eigenvalue weighted by molar-refractivity contribution is 0.104. The zero-order valence-corrected chi connectivity index (χ0v) is 27.8. The average Bonchev–Trinajstić information content (AvgIpc) is 3.01. The van der Waals surface area contributed by atoms with Gasteiger partial charge in [-0.15, -0.1) is 11.8 Å². The molecule has 2 aromatic rings. The van der Waals surface area contributed by atoms with Gasteiger partial charge in [0.05, 0.1) is 13.2 Å². The minimum Gasteiger partial charge on any atom is -0.493 e. The maximum atomic E-state index is 12.9. The average molecular weight is 595 g/mol. The number of benzene rings is 2. The Bertz CT molecular complexity index is 942. The third-order valence-corrected chi connectivity index (χ3v) is 8.69. The Morgan fingerprint density at radius 2 is 1.10 bits per heavy atom. The molecule has 0 aliphatic rings. The molecule has 4 heteroatoms. The van der Waals surface area contributed by atoms with Crippen molar-refractivity contribution >= 4 is 23.6 Å². The summed E-state index contributed by atoms with van der Waals surface area (Å²) in [7, 11) is 0. The van der Waals surface area contributed by atoms with Gasteiger partial charge in [0, 0.05) is 16.5 Å². The van der Waals surface area contributed by atoms with E-state index in [0.717, 1.165) is 42.1 Å². The minimum absolute atomic E-state index is 0.00806. The van der Waals surface area contributed by atoms with Gasteiger partial charge in [0.2, 0.25) is 0 Å². The number of ether oxygens (including phenoxy) is 2. The smallest absolute Gasteiger partial charge is 0.185 e.